The second-order valence-electron chi connectivity index (χ2n) is 5.96. The van der Waals surface area contributed by atoms with Crippen molar-refractivity contribution < 1.29 is 0 Å². The summed E-state index contributed by atoms with van der Waals surface area (Å²) in [6, 6.07) is 0. The Morgan fingerprint density at radius 1 is 0.692 bits per heavy atom. The van der Waals surface area contributed by atoms with Gasteiger partial charge in [-0.1, -0.05) is 13.8 Å². The molecule has 0 saturated heterocycles. The second kappa shape index (κ2) is 3.98. The highest BCUT2D eigenvalue weighted by molar-refractivity contribution is 6.23. The van der Waals surface area contributed by atoms with Gasteiger partial charge in [0, 0.05) is 9.75 Å². The van der Waals surface area contributed by atoms with Crippen LogP contribution in [0.3, 0.4) is 0 Å². The Bertz CT molecular complexity index is 140. The van der Waals surface area contributed by atoms with Crippen molar-refractivity contribution in [2.75, 3.05) is 0 Å². The van der Waals surface area contributed by atoms with E-state index in [1.54, 1.807) is 0 Å². The van der Waals surface area contributed by atoms with Crippen molar-refractivity contribution in [1.82, 2.24) is 0 Å². The molecule has 13 heavy (non-hydrogen) atoms. The maximum Gasteiger partial charge on any atom is 0.0395 e. The molecule has 0 radical (unpaired) electrons. The summed E-state index contributed by atoms with van der Waals surface area (Å²) in [5.74, 6) is 0. The molecular formula is C11H22Cl2. The van der Waals surface area contributed by atoms with Crippen LogP contribution >= 0.6 is 23.2 Å². The van der Waals surface area contributed by atoms with Crippen molar-refractivity contribution in [3.63, 3.8) is 0 Å². The Morgan fingerprint density at radius 3 is 1.08 bits per heavy atom. The highest BCUT2D eigenvalue weighted by Gasteiger charge is 2.31. The summed E-state index contributed by atoms with van der Waals surface area (Å²) in [6.45, 7) is 12.7. The van der Waals surface area contributed by atoms with Gasteiger partial charge in [0.1, 0.15) is 0 Å². The van der Waals surface area contributed by atoms with E-state index < -0.39 is 0 Å². The number of hydrogen-bond acceptors (Lipinski definition) is 0. The number of hydrogen-bond donors (Lipinski definition) is 0. The third-order valence-electron chi connectivity index (χ3n) is 1.80. The molecule has 0 unspecified atom stereocenters. The lowest BCUT2D eigenvalue weighted by molar-refractivity contribution is 0.252. The van der Waals surface area contributed by atoms with Gasteiger partial charge < -0.3 is 0 Å². The first kappa shape index (κ1) is 13.6. The van der Waals surface area contributed by atoms with Gasteiger partial charge in [-0.3, -0.25) is 0 Å². The summed E-state index contributed by atoms with van der Waals surface area (Å²) in [5, 5.41) is 0. The van der Waals surface area contributed by atoms with E-state index in [2.05, 4.69) is 41.5 Å². The normalized spacial score (nSPS) is 14.8. The Kier molecular flexibility index (Phi) is 4.16. The van der Waals surface area contributed by atoms with E-state index >= 15 is 0 Å². The van der Waals surface area contributed by atoms with Crippen LogP contribution in [-0.4, -0.2) is 9.75 Å². The molecule has 0 atom stereocenters. The average Bonchev–Trinajstić information content (AvgIpc) is 1.43. The zero-order valence-corrected chi connectivity index (χ0v) is 11.2. The van der Waals surface area contributed by atoms with Crippen molar-refractivity contribution in [2.24, 2.45) is 5.41 Å². The van der Waals surface area contributed by atoms with Gasteiger partial charge in [0.25, 0.3) is 0 Å². The zero-order valence-electron chi connectivity index (χ0n) is 9.67. The maximum absolute atomic E-state index is 6.20. The molecule has 0 aromatic carbocycles. The first-order chi connectivity index (χ1) is 5.41. The average molecular weight is 225 g/mol. The van der Waals surface area contributed by atoms with Gasteiger partial charge in [0.15, 0.2) is 0 Å². The molecule has 0 aliphatic heterocycles. The van der Waals surface area contributed by atoms with Gasteiger partial charge in [-0.25, -0.2) is 0 Å². The maximum atomic E-state index is 6.20. The van der Waals surface area contributed by atoms with Crippen molar-refractivity contribution in [2.45, 2.75) is 64.1 Å². The minimum atomic E-state index is -0.133. The lowest BCUT2D eigenvalue weighted by Gasteiger charge is -2.35. The minimum Gasteiger partial charge on any atom is -0.120 e. The topological polar surface area (TPSA) is 0 Å². The van der Waals surface area contributed by atoms with Crippen LogP contribution in [0.4, 0.5) is 0 Å². The lowest BCUT2D eigenvalue weighted by atomic mass is 9.77. The number of alkyl halides is 2. The van der Waals surface area contributed by atoms with E-state index in [1.165, 1.54) is 0 Å². The Balaban J connectivity index is 4.25. The third kappa shape index (κ3) is 8.90. The van der Waals surface area contributed by atoms with Gasteiger partial charge in [-0.15, -0.1) is 23.2 Å². The lowest BCUT2D eigenvalue weighted by Crippen LogP contribution is -2.29. The number of halogens is 2. The fraction of sp³-hybridized carbons (Fsp3) is 1.00. The van der Waals surface area contributed by atoms with Crippen molar-refractivity contribution in [3.05, 3.63) is 0 Å². The molecule has 0 heterocycles. The first-order valence-corrected chi connectivity index (χ1v) is 5.55. The highest BCUT2D eigenvalue weighted by atomic mass is 35.5. The highest BCUT2D eigenvalue weighted by Crippen LogP contribution is 2.39. The Morgan fingerprint density at radius 2 is 0.923 bits per heavy atom. The molecule has 0 aliphatic carbocycles. The monoisotopic (exact) mass is 224 g/mol. The zero-order chi connectivity index (χ0) is 10.9. The molecule has 0 bridgehead atoms. The van der Waals surface area contributed by atoms with Gasteiger partial charge in [-0.05, 0) is 46.0 Å². The van der Waals surface area contributed by atoms with E-state index in [-0.39, 0.29) is 15.2 Å². The molecule has 0 nitrogen and oxygen atoms in total. The largest absolute Gasteiger partial charge is 0.120 e. The summed E-state index contributed by atoms with van der Waals surface area (Å²) in [6.07, 6.45) is 1.97. The molecule has 2 heteroatoms. The van der Waals surface area contributed by atoms with Crippen molar-refractivity contribution in [3.8, 4) is 0 Å². The summed E-state index contributed by atoms with van der Waals surface area (Å²) < 4.78 is 0. The van der Waals surface area contributed by atoms with Crippen LogP contribution in [0.5, 0.6) is 0 Å². The second-order valence-corrected chi connectivity index (χ2v) is 8.00. The minimum absolute atomic E-state index is 0.133. The van der Waals surface area contributed by atoms with Crippen LogP contribution in [0.15, 0.2) is 0 Å². The molecule has 0 aromatic rings. The van der Waals surface area contributed by atoms with Crippen LogP contribution in [0.1, 0.15) is 54.4 Å². The summed E-state index contributed by atoms with van der Waals surface area (Å²) in [5.41, 5.74) is 0.205. The molecule has 80 valence electrons. The number of rotatable bonds is 4. The van der Waals surface area contributed by atoms with Crippen LogP contribution in [0.25, 0.3) is 0 Å². The molecule has 0 aliphatic rings. The van der Waals surface area contributed by atoms with Gasteiger partial charge in [0.05, 0.1) is 0 Å². The van der Waals surface area contributed by atoms with E-state index in [0.29, 0.717) is 0 Å². The molecule has 0 aromatic heterocycles. The fourth-order valence-corrected chi connectivity index (χ4v) is 3.06. The van der Waals surface area contributed by atoms with Crippen molar-refractivity contribution >= 4 is 23.2 Å². The van der Waals surface area contributed by atoms with Crippen LogP contribution in [-0.2, 0) is 0 Å². The van der Waals surface area contributed by atoms with Gasteiger partial charge in [-0.2, -0.15) is 0 Å². The Hall–Kier alpha value is 0.580. The molecule has 0 spiro atoms. The van der Waals surface area contributed by atoms with Gasteiger partial charge >= 0.3 is 0 Å². The summed E-state index contributed by atoms with van der Waals surface area (Å²) in [4.78, 5) is -0.267. The molecule has 0 amide bonds. The third-order valence-corrected chi connectivity index (χ3v) is 2.07. The molecular weight excluding hydrogens is 203 g/mol. The van der Waals surface area contributed by atoms with E-state index in [9.17, 15) is 0 Å². The molecule has 0 N–H and O–H groups in total. The Labute approximate surface area is 93.0 Å². The van der Waals surface area contributed by atoms with Crippen LogP contribution in [0.2, 0.25) is 0 Å². The van der Waals surface area contributed by atoms with Crippen LogP contribution < -0.4 is 0 Å². The quantitative estimate of drug-likeness (QED) is 0.601. The van der Waals surface area contributed by atoms with E-state index in [0.717, 1.165) is 12.8 Å². The predicted octanol–water partition coefficient (Wildman–Crippen LogP) is 4.83. The predicted molar refractivity (Wildman–Crippen MR) is 62.9 cm³/mol. The van der Waals surface area contributed by atoms with E-state index in [1.807, 2.05) is 0 Å². The van der Waals surface area contributed by atoms with E-state index in [4.69, 9.17) is 23.2 Å². The molecule has 0 rings (SSSR count). The SMILES string of the molecule is CC(C)(Cl)CC(C)(C)CC(C)(C)Cl. The van der Waals surface area contributed by atoms with Crippen LogP contribution in [0, 0.1) is 5.41 Å². The molecule has 0 saturated carbocycles. The molecule has 0 fully saturated rings. The summed E-state index contributed by atoms with van der Waals surface area (Å²) >= 11 is 12.4. The first-order valence-electron chi connectivity index (χ1n) is 4.79. The van der Waals surface area contributed by atoms with Crippen molar-refractivity contribution in [1.29, 1.82) is 0 Å². The summed E-state index contributed by atoms with van der Waals surface area (Å²) in [7, 11) is 0. The van der Waals surface area contributed by atoms with Gasteiger partial charge in [0.2, 0.25) is 0 Å². The standard InChI is InChI=1S/C11H22Cl2/c1-9(2,7-10(3,4)12)8-11(5,6)13/h7-8H2,1-6H3. The fourth-order valence-electron chi connectivity index (χ4n) is 2.34. The smallest absolute Gasteiger partial charge is 0.0395 e.